The van der Waals surface area contributed by atoms with Crippen LogP contribution >= 0.6 is 0 Å². The van der Waals surface area contributed by atoms with E-state index in [2.05, 4.69) is 16.6 Å². The molecule has 0 bridgehead atoms. The maximum atomic E-state index is 12.3. The van der Waals surface area contributed by atoms with E-state index >= 15 is 0 Å². The van der Waals surface area contributed by atoms with E-state index in [1.54, 1.807) is 24.3 Å². The molecule has 0 unspecified atom stereocenters. The number of ether oxygens (including phenoxy) is 2. The number of carbonyl (C=O) groups excluding carboxylic acids is 2. The molecule has 0 radical (unpaired) electrons. The van der Waals surface area contributed by atoms with Crippen LogP contribution in [0.2, 0.25) is 0 Å². The molecule has 1 atom stereocenters. The quantitative estimate of drug-likeness (QED) is 0.478. The summed E-state index contributed by atoms with van der Waals surface area (Å²) in [4.78, 5) is 24.6. The highest BCUT2D eigenvalue weighted by Gasteiger charge is 2.21. The minimum atomic E-state index is -3.69. The summed E-state index contributed by atoms with van der Waals surface area (Å²) in [5.41, 5.74) is 0.564. The number of amides is 1. The van der Waals surface area contributed by atoms with Crippen LogP contribution in [0.1, 0.15) is 17.3 Å². The molecule has 154 valence electrons. The van der Waals surface area contributed by atoms with Gasteiger partial charge in [-0.05, 0) is 43.3 Å². The molecule has 0 aliphatic heterocycles. The highest BCUT2D eigenvalue weighted by molar-refractivity contribution is 7.89. The van der Waals surface area contributed by atoms with E-state index in [-0.39, 0.29) is 17.0 Å². The normalized spacial score (nSPS) is 11.9. The van der Waals surface area contributed by atoms with E-state index in [1.807, 2.05) is 0 Å². The second-order valence-corrected chi connectivity index (χ2v) is 7.67. The number of para-hydroxylation sites is 2. The van der Waals surface area contributed by atoms with Gasteiger partial charge in [0.1, 0.15) is 5.75 Å². The molecule has 0 aliphatic rings. The molecule has 1 amide bonds. The van der Waals surface area contributed by atoms with Crippen molar-refractivity contribution in [1.29, 1.82) is 0 Å². The van der Waals surface area contributed by atoms with Crippen molar-refractivity contribution in [3.8, 4) is 5.75 Å². The van der Waals surface area contributed by atoms with Crippen molar-refractivity contribution in [1.82, 2.24) is 4.72 Å². The van der Waals surface area contributed by atoms with Crippen LogP contribution in [0.4, 0.5) is 5.69 Å². The minimum absolute atomic E-state index is 0.00198. The fourth-order valence-corrected chi connectivity index (χ4v) is 3.28. The van der Waals surface area contributed by atoms with Crippen molar-refractivity contribution in [3.63, 3.8) is 0 Å². The zero-order valence-electron chi connectivity index (χ0n) is 16.0. The van der Waals surface area contributed by atoms with Gasteiger partial charge >= 0.3 is 5.97 Å². The molecular weight excluding hydrogens is 396 g/mol. The molecule has 0 fully saturated rings. The van der Waals surface area contributed by atoms with Gasteiger partial charge in [0.05, 0.1) is 23.3 Å². The molecule has 0 aromatic heterocycles. The summed E-state index contributed by atoms with van der Waals surface area (Å²) >= 11 is 0. The molecule has 9 heteroatoms. The van der Waals surface area contributed by atoms with Gasteiger partial charge in [-0.2, -0.15) is 0 Å². The Bertz CT molecular complexity index is 986. The smallest absolute Gasteiger partial charge is 0.338 e. The van der Waals surface area contributed by atoms with Crippen molar-refractivity contribution < 1.29 is 27.5 Å². The predicted octanol–water partition coefficient (Wildman–Crippen LogP) is 2.34. The Morgan fingerprint density at radius 1 is 1.14 bits per heavy atom. The average molecular weight is 418 g/mol. The van der Waals surface area contributed by atoms with Crippen LogP contribution in [0.25, 0.3) is 0 Å². The van der Waals surface area contributed by atoms with E-state index in [1.165, 1.54) is 44.4 Å². The second kappa shape index (κ2) is 9.85. The van der Waals surface area contributed by atoms with Gasteiger partial charge in [0.2, 0.25) is 10.0 Å². The van der Waals surface area contributed by atoms with Gasteiger partial charge in [0.15, 0.2) is 6.10 Å². The largest absolute Gasteiger partial charge is 0.495 e. The molecular formula is C20H22N2O6S. The molecule has 2 N–H and O–H groups in total. The molecule has 0 saturated carbocycles. The third-order valence-corrected chi connectivity index (χ3v) is 5.28. The third-order valence-electron chi connectivity index (χ3n) is 3.84. The van der Waals surface area contributed by atoms with Gasteiger partial charge in [-0.3, -0.25) is 4.79 Å². The standard InChI is InChI=1S/C20H22N2O6S/c1-4-13-21-29(25,26)16-11-9-15(10-12-16)20(24)28-14(2)19(23)22-17-7-5-6-8-18(17)27-3/h4-12,14,21H,1,13H2,2-3H3,(H,22,23)/t14-/m1/s1. The first-order valence-corrected chi connectivity index (χ1v) is 10.1. The molecule has 29 heavy (non-hydrogen) atoms. The lowest BCUT2D eigenvalue weighted by Gasteiger charge is -2.15. The van der Waals surface area contributed by atoms with Crippen molar-refractivity contribution >= 4 is 27.6 Å². The Balaban J connectivity index is 2.02. The van der Waals surface area contributed by atoms with Gasteiger partial charge in [-0.25, -0.2) is 17.9 Å². The van der Waals surface area contributed by atoms with Gasteiger partial charge in [0, 0.05) is 6.54 Å². The Morgan fingerprint density at radius 3 is 2.41 bits per heavy atom. The van der Waals surface area contributed by atoms with Crippen molar-refractivity contribution in [2.24, 2.45) is 0 Å². The lowest BCUT2D eigenvalue weighted by molar-refractivity contribution is -0.123. The number of carbonyl (C=O) groups is 2. The summed E-state index contributed by atoms with van der Waals surface area (Å²) < 4.78 is 36.7. The van der Waals surface area contributed by atoms with E-state index in [4.69, 9.17) is 9.47 Å². The van der Waals surface area contributed by atoms with Crippen LogP contribution < -0.4 is 14.8 Å². The molecule has 0 aliphatic carbocycles. The molecule has 8 nitrogen and oxygen atoms in total. The van der Waals surface area contributed by atoms with E-state index in [0.717, 1.165) is 0 Å². The molecule has 0 heterocycles. The van der Waals surface area contributed by atoms with Crippen molar-refractivity contribution in [3.05, 3.63) is 66.7 Å². The zero-order chi connectivity index (χ0) is 21.4. The Hall–Kier alpha value is -3.17. The number of anilines is 1. The molecule has 0 spiro atoms. The summed E-state index contributed by atoms with van der Waals surface area (Å²) in [5.74, 6) is -0.812. The molecule has 0 saturated heterocycles. The van der Waals surface area contributed by atoms with Crippen LogP contribution in [0, 0.1) is 0 Å². The molecule has 2 aromatic rings. The van der Waals surface area contributed by atoms with E-state index in [0.29, 0.717) is 11.4 Å². The molecule has 2 aromatic carbocycles. The van der Waals surface area contributed by atoms with Crippen LogP contribution in [-0.4, -0.2) is 40.1 Å². The predicted molar refractivity (Wildman–Crippen MR) is 108 cm³/mol. The van der Waals surface area contributed by atoms with E-state index < -0.39 is 28.0 Å². The Morgan fingerprint density at radius 2 is 1.79 bits per heavy atom. The summed E-state index contributed by atoms with van der Waals surface area (Å²) in [5, 5.41) is 2.63. The van der Waals surface area contributed by atoms with Crippen LogP contribution in [0.15, 0.2) is 66.1 Å². The van der Waals surface area contributed by atoms with Crippen LogP contribution in [0.3, 0.4) is 0 Å². The van der Waals surface area contributed by atoms with Gasteiger partial charge in [-0.1, -0.05) is 18.2 Å². The number of sulfonamides is 1. The fourth-order valence-electron chi connectivity index (χ4n) is 2.29. The number of esters is 1. The summed E-state index contributed by atoms with van der Waals surface area (Å²) in [6.45, 7) is 4.96. The first kappa shape index (κ1) is 22.1. The maximum Gasteiger partial charge on any atom is 0.338 e. The number of hydrogen-bond donors (Lipinski definition) is 2. The topological polar surface area (TPSA) is 111 Å². The van der Waals surface area contributed by atoms with Crippen molar-refractivity contribution in [2.75, 3.05) is 19.0 Å². The lowest BCUT2D eigenvalue weighted by atomic mass is 10.2. The van der Waals surface area contributed by atoms with Gasteiger partial charge < -0.3 is 14.8 Å². The van der Waals surface area contributed by atoms with E-state index in [9.17, 15) is 18.0 Å². The first-order chi connectivity index (χ1) is 13.8. The minimum Gasteiger partial charge on any atom is -0.495 e. The summed E-state index contributed by atoms with van der Waals surface area (Å²) in [7, 11) is -2.21. The number of methoxy groups -OCH3 is 1. The monoisotopic (exact) mass is 418 g/mol. The number of hydrogen-bond acceptors (Lipinski definition) is 6. The van der Waals surface area contributed by atoms with Crippen LogP contribution in [-0.2, 0) is 19.6 Å². The summed E-state index contributed by atoms with van der Waals surface area (Å²) in [6, 6.07) is 12.0. The highest BCUT2D eigenvalue weighted by atomic mass is 32.2. The van der Waals surface area contributed by atoms with Crippen LogP contribution in [0.5, 0.6) is 5.75 Å². The zero-order valence-corrected chi connectivity index (χ0v) is 16.9. The SMILES string of the molecule is C=CCNS(=O)(=O)c1ccc(C(=O)O[C@H](C)C(=O)Nc2ccccc2OC)cc1. The number of nitrogens with one attached hydrogen (secondary N) is 2. The van der Waals surface area contributed by atoms with Gasteiger partial charge in [0.25, 0.3) is 5.91 Å². The second-order valence-electron chi connectivity index (χ2n) is 5.90. The van der Waals surface area contributed by atoms with Gasteiger partial charge in [-0.15, -0.1) is 6.58 Å². The third kappa shape index (κ3) is 5.90. The maximum absolute atomic E-state index is 12.3. The Labute approximate surface area is 169 Å². The lowest BCUT2D eigenvalue weighted by Crippen LogP contribution is -2.30. The summed E-state index contributed by atoms with van der Waals surface area (Å²) in [6.07, 6.45) is 0.339. The van der Waals surface area contributed by atoms with Crippen molar-refractivity contribution in [2.45, 2.75) is 17.9 Å². The highest BCUT2D eigenvalue weighted by Crippen LogP contribution is 2.23. The fraction of sp³-hybridized carbons (Fsp3) is 0.200. The Kier molecular flexibility index (Phi) is 7.52. The number of benzene rings is 2. The molecule has 2 rings (SSSR count). The average Bonchev–Trinajstić information content (AvgIpc) is 2.72. The first-order valence-electron chi connectivity index (χ1n) is 8.64. The number of rotatable bonds is 9.